The molecule has 0 aromatic heterocycles. The Kier molecular flexibility index (Phi) is 3.81. The summed E-state index contributed by atoms with van der Waals surface area (Å²) in [6.45, 7) is 1.74. The highest BCUT2D eigenvalue weighted by Gasteiger charge is 2.31. The Balaban J connectivity index is 2.50. The molecular formula is C14H10ClF3O2. The standard InChI is InChI=1S/C14H10ClF3O2/c1-8-12(3-2-4-13(8)15)9-5-10(19)7-11(6-9)20-14(16,17)18/h2-7,19H,1H3. The van der Waals surface area contributed by atoms with Gasteiger partial charge in [-0.1, -0.05) is 23.7 Å². The van der Waals surface area contributed by atoms with Gasteiger partial charge in [-0.15, -0.1) is 13.2 Å². The lowest BCUT2D eigenvalue weighted by atomic mass is 10.00. The van der Waals surface area contributed by atoms with Crippen molar-refractivity contribution < 1.29 is 23.0 Å². The van der Waals surface area contributed by atoms with E-state index in [-0.39, 0.29) is 5.75 Å². The summed E-state index contributed by atoms with van der Waals surface area (Å²) in [5, 5.41) is 10.0. The highest BCUT2D eigenvalue weighted by atomic mass is 35.5. The van der Waals surface area contributed by atoms with Crippen LogP contribution >= 0.6 is 11.6 Å². The van der Waals surface area contributed by atoms with Gasteiger partial charge in [-0.3, -0.25) is 0 Å². The maximum Gasteiger partial charge on any atom is 0.573 e. The van der Waals surface area contributed by atoms with Crippen LogP contribution in [0.1, 0.15) is 5.56 Å². The summed E-state index contributed by atoms with van der Waals surface area (Å²) in [7, 11) is 0. The molecule has 106 valence electrons. The number of alkyl halides is 3. The topological polar surface area (TPSA) is 29.5 Å². The van der Waals surface area contributed by atoms with Crippen molar-refractivity contribution in [2.24, 2.45) is 0 Å². The van der Waals surface area contributed by atoms with E-state index in [1.165, 1.54) is 12.1 Å². The summed E-state index contributed by atoms with van der Waals surface area (Å²) in [6.07, 6.45) is -4.81. The molecular weight excluding hydrogens is 293 g/mol. The molecule has 0 unspecified atom stereocenters. The average molecular weight is 303 g/mol. The van der Waals surface area contributed by atoms with Gasteiger partial charge in [-0.25, -0.2) is 0 Å². The van der Waals surface area contributed by atoms with Gasteiger partial charge in [-0.2, -0.15) is 0 Å². The Morgan fingerprint density at radius 2 is 1.85 bits per heavy atom. The van der Waals surface area contributed by atoms with Crippen molar-refractivity contribution in [3.8, 4) is 22.6 Å². The molecule has 2 aromatic carbocycles. The van der Waals surface area contributed by atoms with Crippen molar-refractivity contribution in [1.82, 2.24) is 0 Å². The molecule has 0 amide bonds. The number of phenolic OH excluding ortho intramolecular Hbond substituents is 1. The molecule has 1 N–H and O–H groups in total. The Bertz CT molecular complexity index is 639. The highest BCUT2D eigenvalue weighted by molar-refractivity contribution is 6.31. The van der Waals surface area contributed by atoms with Gasteiger partial charge in [0.15, 0.2) is 0 Å². The van der Waals surface area contributed by atoms with Crippen LogP contribution < -0.4 is 4.74 Å². The van der Waals surface area contributed by atoms with E-state index in [4.69, 9.17) is 11.6 Å². The molecule has 0 fully saturated rings. The lowest BCUT2D eigenvalue weighted by Gasteiger charge is -2.12. The molecule has 6 heteroatoms. The van der Waals surface area contributed by atoms with E-state index < -0.39 is 12.1 Å². The number of benzene rings is 2. The Morgan fingerprint density at radius 3 is 2.50 bits per heavy atom. The molecule has 0 aliphatic rings. The van der Waals surface area contributed by atoms with Gasteiger partial charge in [0, 0.05) is 11.1 Å². The highest BCUT2D eigenvalue weighted by Crippen LogP contribution is 2.35. The second-order valence-electron chi connectivity index (χ2n) is 4.18. The van der Waals surface area contributed by atoms with Crippen molar-refractivity contribution >= 4 is 11.6 Å². The fraction of sp³-hybridized carbons (Fsp3) is 0.143. The molecule has 0 heterocycles. The molecule has 0 radical (unpaired) electrons. The minimum absolute atomic E-state index is 0.318. The fourth-order valence-corrected chi connectivity index (χ4v) is 2.03. The predicted octanol–water partition coefficient (Wildman–Crippen LogP) is 4.92. The largest absolute Gasteiger partial charge is 0.573 e. The van der Waals surface area contributed by atoms with E-state index in [2.05, 4.69) is 4.74 Å². The fourth-order valence-electron chi connectivity index (χ4n) is 1.85. The molecule has 0 spiro atoms. The second kappa shape index (κ2) is 5.25. The van der Waals surface area contributed by atoms with Crippen LogP contribution in [0.4, 0.5) is 13.2 Å². The number of halogens is 4. The molecule has 2 nitrogen and oxygen atoms in total. The average Bonchev–Trinajstić information content (AvgIpc) is 2.29. The van der Waals surface area contributed by atoms with Crippen molar-refractivity contribution in [1.29, 1.82) is 0 Å². The normalized spacial score (nSPS) is 11.4. The monoisotopic (exact) mass is 302 g/mol. The number of ether oxygens (including phenoxy) is 1. The first-order chi connectivity index (χ1) is 9.26. The van der Waals surface area contributed by atoms with E-state index in [9.17, 15) is 18.3 Å². The van der Waals surface area contributed by atoms with Crippen LogP contribution in [0, 0.1) is 6.92 Å². The quantitative estimate of drug-likeness (QED) is 0.853. The van der Waals surface area contributed by atoms with Crippen molar-refractivity contribution in [3.05, 3.63) is 47.0 Å². The van der Waals surface area contributed by atoms with Crippen LogP contribution in [0.2, 0.25) is 5.02 Å². The van der Waals surface area contributed by atoms with Crippen LogP contribution in [0.3, 0.4) is 0 Å². The molecule has 0 saturated heterocycles. The van der Waals surface area contributed by atoms with Crippen LogP contribution in [0.15, 0.2) is 36.4 Å². The van der Waals surface area contributed by atoms with Crippen molar-refractivity contribution in [3.63, 3.8) is 0 Å². The zero-order valence-corrected chi connectivity index (χ0v) is 11.1. The molecule has 2 rings (SSSR count). The summed E-state index contributed by atoms with van der Waals surface area (Å²) in [5.74, 6) is -0.798. The van der Waals surface area contributed by atoms with Crippen LogP contribution in [-0.2, 0) is 0 Å². The summed E-state index contributed by atoms with van der Waals surface area (Å²) in [5.41, 5.74) is 1.72. The Labute approximate surface area is 118 Å². The number of phenols is 1. The lowest BCUT2D eigenvalue weighted by Crippen LogP contribution is -2.17. The third-order valence-corrected chi connectivity index (χ3v) is 3.11. The van der Waals surface area contributed by atoms with Gasteiger partial charge in [0.05, 0.1) is 0 Å². The first-order valence-corrected chi connectivity index (χ1v) is 5.99. The summed E-state index contributed by atoms with van der Waals surface area (Å²) >= 11 is 5.98. The first-order valence-electron chi connectivity index (χ1n) is 5.61. The number of aromatic hydroxyl groups is 1. The van der Waals surface area contributed by atoms with E-state index >= 15 is 0 Å². The summed E-state index contributed by atoms with van der Waals surface area (Å²) in [4.78, 5) is 0. The van der Waals surface area contributed by atoms with Gasteiger partial charge < -0.3 is 9.84 Å². The summed E-state index contributed by atoms with van der Waals surface area (Å²) in [6, 6.07) is 8.51. The van der Waals surface area contributed by atoms with E-state index in [1.807, 2.05) is 0 Å². The smallest absolute Gasteiger partial charge is 0.508 e. The SMILES string of the molecule is Cc1c(Cl)cccc1-c1cc(O)cc(OC(F)(F)F)c1. The van der Waals surface area contributed by atoms with Crippen LogP contribution in [0.5, 0.6) is 11.5 Å². The molecule has 0 atom stereocenters. The first kappa shape index (κ1) is 14.5. The van der Waals surface area contributed by atoms with E-state index in [0.717, 1.165) is 6.07 Å². The molecule has 0 bridgehead atoms. The molecule has 0 saturated carbocycles. The molecule has 0 aliphatic carbocycles. The zero-order chi connectivity index (χ0) is 14.9. The lowest BCUT2D eigenvalue weighted by molar-refractivity contribution is -0.274. The Hall–Kier alpha value is -1.88. The predicted molar refractivity (Wildman–Crippen MR) is 70.0 cm³/mol. The van der Waals surface area contributed by atoms with Crippen LogP contribution in [-0.4, -0.2) is 11.5 Å². The van der Waals surface area contributed by atoms with Crippen LogP contribution in [0.25, 0.3) is 11.1 Å². The Morgan fingerprint density at radius 1 is 1.15 bits per heavy atom. The van der Waals surface area contributed by atoms with Gasteiger partial charge in [0.25, 0.3) is 0 Å². The molecule has 20 heavy (non-hydrogen) atoms. The summed E-state index contributed by atoms with van der Waals surface area (Å²) < 4.78 is 40.5. The molecule has 0 aliphatic heterocycles. The van der Waals surface area contributed by atoms with Gasteiger partial charge >= 0.3 is 6.36 Å². The minimum Gasteiger partial charge on any atom is -0.508 e. The van der Waals surface area contributed by atoms with Gasteiger partial charge in [0.2, 0.25) is 0 Å². The maximum atomic E-state index is 12.2. The third-order valence-electron chi connectivity index (χ3n) is 2.70. The van der Waals surface area contributed by atoms with Crippen molar-refractivity contribution in [2.45, 2.75) is 13.3 Å². The number of rotatable bonds is 2. The number of hydrogen-bond acceptors (Lipinski definition) is 2. The van der Waals surface area contributed by atoms with Gasteiger partial charge in [-0.05, 0) is 41.8 Å². The van der Waals surface area contributed by atoms with E-state index in [0.29, 0.717) is 21.7 Å². The third kappa shape index (κ3) is 3.36. The van der Waals surface area contributed by atoms with E-state index in [1.54, 1.807) is 25.1 Å². The maximum absolute atomic E-state index is 12.2. The minimum atomic E-state index is -4.81. The molecule has 2 aromatic rings. The van der Waals surface area contributed by atoms with Crippen molar-refractivity contribution in [2.75, 3.05) is 0 Å². The number of hydrogen-bond donors (Lipinski definition) is 1. The van der Waals surface area contributed by atoms with Gasteiger partial charge in [0.1, 0.15) is 11.5 Å². The zero-order valence-electron chi connectivity index (χ0n) is 10.3. The second-order valence-corrected chi connectivity index (χ2v) is 4.58.